The molecule has 0 fully saturated rings. The molecule has 1 N–H and O–H groups in total. The summed E-state index contributed by atoms with van der Waals surface area (Å²) < 4.78 is 8.34. The third-order valence-electron chi connectivity index (χ3n) is 3.85. The first-order chi connectivity index (χ1) is 12.7. The van der Waals surface area contributed by atoms with E-state index in [0.717, 1.165) is 21.4 Å². The Morgan fingerprint density at radius 2 is 1.92 bits per heavy atom. The molecule has 7 heteroatoms. The molecule has 0 bridgehead atoms. The van der Waals surface area contributed by atoms with Crippen molar-refractivity contribution in [2.24, 2.45) is 0 Å². The number of carbonyl (C=O) groups excluding carboxylic acids is 1. The van der Waals surface area contributed by atoms with E-state index >= 15 is 0 Å². The van der Waals surface area contributed by atoms with Crippen LogP contribution in [0.15, 0.2) is 70.0 Å². The highest BCUT2D eigenvalue weighted by Gasteiger charge is 2.11. The van der Waals surface area contributed by atoms with E-state index in [1.54, 1.807) is 0 Å². The van der Waals surface area contributed by atoms with Crippen LogP contribution in [-0.2, 0) is 17.8 Å². The molecule has 130 valence electrons. The molecular formula is C19H15BrN4O2. The Morgan fingerprint density at radius 3 is 2.77 bits per heavy atom. The standard InChI is InChI=1S/C19H15BrN4O2/c20-14-6-7-17-22-16(11-24(17)10-14)9-21-18(25)8-15-12-26-19(23-15)13-4-2-1-3-5-13/h1-7,10-12H,8-9H2,(H,21,25). The van der Waals surface area contributed by atoms with Gasteiger partial charge in [-0.1, -0.05) is 18.2 Å². The molecule has 26 heavy (non-hydrogen) atoms. The number of nitrogens with one attached hydrogen (secondary N) is 1. The van der Waals surface area contributed by atoms with Gasteiger partial charge in [-0.2, -0.15) is 0 Å². The SMILES string of the molecule is O=C(Cc1coc(-c2ccccc2)n1)NCc1cn2cc(Br)ccc2n1. The van der Waals surface area contributed by atoms with E-state index < -0.39 is 0 Å². The largest absolute Gasteiger partial charge is 0.444 e. The van der Waals surface area contributed by atoms with Crippen molar-refractivity contribution in [1.29, 1.82) is 0 Å². The third kappa shape index (κ3) is 3.67. The van der Waals surface area contributed by atoms with Gasteiger partial charge in [0.15, 0.2) is 0 Å². The van der Waals surface area contributed by atoms with Gasteiger partial charge >= 0.3 is 0 Å². The average Bonchev–Trinajstić information content (AvgIpc) is 3.27. The van der Waals surface area contributed by atoms with Crippen LogP contribution in [-0.4, -0.2) is 20.3 Å². The smallest absolute Gasteiger partial charge is 0.226 e. The van der Waals surface area contributed by atoms with Crippen LogP contribution in [0.25, 0.3) is 17.1 Å². The maximum Gasteiger partial charge on any atom is 0.226 e. The van der Waals surface area contributed by atoms with Gasteiger partial charge < -0.3 is 14.1 Å². The second-order valence-electron chi connectivity index (χ2n) is 5.81. The van der Waals surface area contributed by atoms with Crippen LogP contribution in [0.4, 0.5) is 0 Å². The number of hydrogen-bond acceptors (Lipinski definition) is 4. The predicted octanol–water partition coefficient (Wildman–Crippen LogP) is 3.61. The Labute approximate surface area is 158 Å². The molecule has 0 aliphatic heterocycles. The normalized spacial score (nSPS) is 11.0. The highest BCUT2D eigenvalue weighted by molar-refractivity contribution is 9.10. The van der Waals surface area contributed by atoms with Crippen molar-refractivity contribution in [2.45, 2.75) is 13.0 Å². The molecule has 0 aliphatic carbocycles. The molecular weight excluding hydrogens is 396 g/mol. The minimum absolute atomic E-state index is 0.129. The number of rotatable bonds is 5. The number of hydrogen-bond donors (Lipinski definition) is 1. The molecule has 4 aromatic rings. The number of oxazole rings is 1. The zero-order chi connectivity index (χ0) is 17.9. The van der Waals surface area contributed by atoms with Crippen molar-refractivity contribution in [2.75, 3.05) is 0 Å². The monoisotopic (exact) mass is 410 g/mol. The minimum Gasteiger partial charge on any atom is -0.444 e. The highest BCUT2D eigenvalue weighted by atomic mass is 79.9. The summed E-state index contributed by atoms with van der Waals surface area (Å²) >= 11 is 3.43. The molecule has 0 aliphatic rings. The quantitative estimate of drug-likeness (QED) is 0.545. The van der Waals surface area contributed by atoms with Crippen LogP contribution >= 0.6 is 15.9 Å². The molecule has 1 amide bonds. The lowest BCUT2D eigenvalue weighted by Gasteiger charge is -2.00. The molecule has 0 saturated heterocycles. The van der Waals surface area contributed by atoms with Gasteiger partial charge in [0.25, 0.3) is 0 Å². The first kappa shape index (κ1) is 16.5. The van der Waals surface area contributed by atoms with Gasteiger partial charge in [-0.3, -0.25) is 4.79 Å². The number of nitrogens with zero attached hydrogens (tertiary/aromatic N) is 3. The van der Waals surface area contributed by atoms with Gasteiger partial charge in [0.05, 0.1) is 24.4 Å². The van der Waals surface area contributed by atoms with Crippen LogP contribution in [0.5, 0.6) is 0 Å². The van der Waals surface area contributed by atoms with Crippen molar-refractivity contribution < 1.29 is 9.21 Å². The minimum atomic E-state index is -0.129. The fourth-order valence-electron chi connectivity index (χ4n) is 2.62. The van der Waals surface area contributed by atoms with Crippen molar-refractivity contribution in [3.8, 4) is 11.5 Å². The number of amides is 1. The van der Waals surface area contributed by atoms with E-state index in [-0.39, 0.29) is 12.3 Å². The van der Waals surface area contributed by atoms with Crippen molar-refractivity contribution >= 4 is 27.5 Å². The first-order valence-corrected chi connectivity index (χ1v) is 8.86. The molecule has 0 unspecified atom stereocenters. The van der Waals surface area contributed by atoms with E-state index in [9.17, 15) is 4.79 Å². The lowest BCUT2D eigenvalue weighted by molar-refractivity contribution is -0.120. The number of pyridine rings is 1. The molecule has 3 heterocycles. The molecule has 0 atom stereocenters. The predicted molar refractivity (Wildman–Crippen MR) is 100 cm³/mol. The van der Waals surface area contributed by atoms with E-state index in [1.807, 2.05) is 59.3 Å². The van der Waals surface area contributed by atoms with Gasteiger partial charge in [-0.25, -0.2) is 9.97 Å². The second-order valence-corrected chi connectivity index (χ2v) is 6.72. The third-order valence-corrected chi connectivity index (χ3v) is 4.31. The van der Waals surface area contributed by atoms with Gasteiger partial charge in [0.1, 0.15) is 11.9 Å². The van der Waals surface area contributed by atoms with Gasteiger partial charge in [0, 0.05) is 22.4 Å². The number of benzene rings is 1. The van der Waals surface area contributed by atoms with Crippen molar-refractivity contribution in [1.82, 2.24) is 19.7 Å². The van der Waals surface area contributed by atoms with E-state index in [2.05, 4.69) is 31.2 Å². The van der Waals surface area contributed by atoms with Crippen molar-refractivity contribution in [3.63, 3.8) is 0 Å². The van der Waals surface area contributed by atoms with Crippen LogP contribution in [0.3, 0.4) is 0 Å². The average molecular weight is 411 g/mol. The lowest BCUT2D eigenvalue weighted by Crippen LogP contribution is -2.24. The summed E-state index contributed by atoms with van der Waals surface area (Å²) in [5.74, 6) is 0.385. The molecule has 3 aromatic heterocycles. The van der Waals surface area contributed by atoms with Gasteiger partial charge in [0.2, 0.25) is 11.8 Å². The Hall–Kier alpha value is -2.93. The first-order valence-electron chi connectivity index (χ1n) is 8.07. The fraction of sp³-hybridized carbons (Fsp3) is 0.105. The van der Waals surface area contributed by atoms with Crippen LogP contribution in [0.1, 0.15) is 11.4 Å². The molecule has 4 rings (SSSR count). The zero-order valence-electron chi connectivity index (χ0n) is 13.7. The molecule has 6 nitrogen and oxygen atoms in total. The number of imidazole rings is 1. The summed E-state index contributed by atoms with van der Waals surface area (Å²) in [7, 11) is 0. The van der Waals surface area contributed by atoms with Crippen LogP contribution in [0.2, 0.25) is 0 Å². The summed E-state index contributed by atoms with van der Waals surface area (Å²) in [6.45, 7) is 0.363. The maximum absolute atomic E-state index is 12.2. The number of carbonyl (C=O) groups is 1. The molecule has 0 saturated carbocycles. The Bertz CT molecular complexity index is 1060. The zero-order valence-corrected chi connectivity index (χ0v) is 15.3. The number of halogens is 1. The van der Waals surface area contributed by atoms with E-state index in [1.165, 1.54) is 6.26 Å². The fourth-order valence-corrected chi connectivity index (χ4v) is 2.97. The van der Waals surface area contributed by atoms with Crippen LogP contribution in [0, 0.1) is 0 Å². The van der Waals surface area contributed by atoms with Gasteiger partial charge in [-0.15, -0.1) is 0 Å². The number of aromatic nitrogens is 3. The van der Waals surface area contributed by atoms with Gasteiger partial charge in [-0.05, 0) is 40.2 Å². The highest BCUT2D eigenvalue weighted by Crippen LogP contribution is 2.18. The molecule has 0 radical (unpaired) electrons. The summed E-state index contributed by atoms with van der Waals surface area (Å²) in [6, 6.07) is 13.4. The topological polar surface area (TPSA) is 72.4 Å². The van der Waals surface area contributed by atoms with E-state index in [4.69, 9.17) is 4.42 Å². The summed E-state index contributed by atoms with van der Waals surface area (Å²) in [4.78, 5) is 21.0. The maximum atomic E-state index is 12.2. The Balaban J connectivity index is 1.37. The Morgan fingerprint density at radius 1 is 1.08 bits per heavy atom. The van der Waals surface area contributed by atoms with E-state index in [0.29, 0.717) is 18.1 Å². The molecule has 1 aromatic carbocycles. The summed E-state index contributed by atoms with van der Waals surface area (Å²) in [5, 5.41) is 2.86. The second kappa shape index (κ2) is 7.13. The summed E-state index contributed by atoms with van der Waals surface area (Å²) in [5.41, 5.74) is 3.11. The summed E-state index contributed by atoms with van der Waals surface area (Å²) in [6.07, 6.45) is 5.50. The molecule has 0 spiro atoms. The lowest BCUT2D eigenvalue weighted by atomic mass is 10.2. The van der Waals surface area contributed by atoms with Crippen molar-refractivity contribution in [3.05, 3.63) is 77.0 Å². The Kier molecular flexibility index (Phi) is 4.53. The van der Waals surface area contributed by atoms with Crippen LogP contribution < -0.4 is 5.32 Å². The number of fused-ring (bicyclic) bond motifs is 1.